The molecule has 2 unspecified atom stereocenters. The Labute approximate surface area is 148 Å². The van der Waals surface area contributed by atoms with E-state index >= 15 is 0 Å². The van der Waals surface area contributed by atoms with Gasteiger partial charge in [-0.05, 0) is 60.1 Å². The Hall–Kier alpha value is -1.31. The first-order chi connectivity index (χ1) is 11.5. The van der Waals surface area contributed by atoms with Crippen LogP contribution in [-0.4, -0.2) is 5.97 Å². The molecule has 1 aromatic carbocycles. The van der Waals surface area contributed by atoms with Crippen LogP contribution in [0.3, 0.4) is 0 Å². The van der Waals surface area contributed by atoms with Gasteiger partial charge in [0.15, 0.2) is 0 Å². The van der Waals surface area contributed by atoms with E-state index in [0.717, 1.165) is 18.4 Å². The van der Waals surface area contributed by atoms with Crippen molar-refractivity contribution in [3.05, 3.63) is 34.9 Å². The molecule has 0 fully saturated rings. The Bertz CT molecular complexity index is 549. The maximum Gasteiger partial charge on any atom is 0.306 e. The standard InChI is InChI=1S/C22H34O2/c1-5-17(3)14-22(4,6-2)15-21(23)24-16-18-11-12-19-9-7-8-10-20(19)13-18/h11-13,17H,5-10,14-16H2,1-4H3. The smallest absolute Gasteiger partial charge is 0.306 e. The minimum atomic E-state index is -0.0552. The number of benzene rings is 1. The minimum Gasteiger partial charge on any atom is -0.461 e. The number of carbonyl (C=O) groups is 1. The number of hydrogen-bond acceptors (Lipinski definition) is 2. The van der Waals surface area contributed by atoms with E-state index < -0.39 is 0 Å². The first kappa shape index (κ1) is 19.0. The van der Waals surface area contributed by atoms with Gasteiger partial charge < -0.3 is 4.74 Å². The lowest BCUT2D eigenvalue weighted by atomic mass is 9.76. The van der Waals surface area contributed by atoms with Gasteiger partial charge in [-0.25, -0.2) is 0 Å². The lowest BCUT2D eigenvalue weighted by Crippen LogP contribution is -2.24. The maximum atomic E-state index is 12.3. The number of hydrogen-bond donors (Lipinski definition) is 0. The number of rotatable bonds is 8. The molecule has 24 heavy (non-hydrogen) atoms. The third kappa shape index (κ3) is 5.36. The van der Waals surface area contributed by atoms with E-state index in [-0.39, 0.29) is 11.4 Å². The first-order valence-electron chi connectivity index (χ1n) is 9.72. The Morgan fingerprint density at radius 1 is 1.21 bits per heavy atom. The van der Waals surface area contributed by atoms with Crippen LogP contribution in [0.15, 0.2) is 18.2 Å². The molecular weight excluding hydrogens is 296 g/mol. The van der Waals surface area contributed by atoms with E-state index in [1.807, 2.05) is 0 Å². The summed E-state index contributed by atoms with van der Waals surface area (Å²) in [4.78, 5) is 12.3. The van der Waals surface area contributed by atoms with E-state index in [4.69, 9.17) is 4.74 Å². The van der Waals surface area contributed by atoms with E-state index in [0.29, 0.717) is 18.9 Å². The average molecular weight is 331 g/mol. The van der Waals surface area contributed by atoms with Gasteiger partial charge >= 0.3 is 5.97 Å². The molecule has 2 heteroatoms. The van der Waals surface area contributed by atoms with Crippen LogP contribution in [-0.2, 0) is 29.0 Å². The number of carbonyl (C=O) groups excluding carboxylic acids is 1. The monoisotopic (exact) mass is 330 g/mol. The van der Waals surface area contributed by atoms with Crippen molar-refractivity contribution in [1.82, 2.24) is 0 Å². The molecule has 0 N–H and O–H groups in total. The van der Waals surface area contributed by atoms with Gasteiger partial charge in [0.1, 0.15) is 6.61 Å². The molecule has 134 valence electrons. The maximum absolute atomic E-state index is 12.3. The molecule has 0 bridgehead atoms. The van der Waals surface area contributed by atoms with Gasteiger partial charge in [0.25, 0.3) is 0 Å². The molecule has 0 radical (unpaired) electrons. The van der Waals surface area contributed by atoms with Crippen LogP contribution in [0, 0.1) is 11.3 Å². The van der Waals surface area contributed by atoms with E-state index in [1.54, 1.807) is 0 Å². The molecule has 0 aliphatic heterocycles. The summed E-state index contributed by atoms with van der Waals surface area (Å²) in [6, 6.07) is 6.58. The predicted molar refractivity (Wildman–Crippen MR) is 100.0 cm³/mol. The molecule has 1 aromatic rings. The van der Waals surface area contributed by atoms with Crippen molar-refractivity contribution in [1.29, 1.82) is 0 Å². The van der Waals surface area contributed by atoms with Crippen molar-refractivity contribution in [2.24, 2.45) is 11.3 Å². The van der Waals surface area contributed by atoms with Gasteiger partial charge in [0.2, 0.25) is 0 Å². The van der Waals surface area contributed by atoms with Crippen LogP contribution in [0.1, 0.15) is 82.9 Å². The lowest BCUT2D eigenvalue weighted by Gasteiger charge is -2.30. The molecule has 0 spiro atoms. The zero-order valence-electron chi connectivity index (χ0n) is 16.0. The molecular formula is C22H34O2. The molecule has 0 heterocycles. The van der Waals surface area contributed by atoms with Crippen LogP contribution in [0.4, 0.5) is 0 Å². The molecule has 1 aliphatic carbocycles. The van der Waals surface area contributed by atoms with Crippen LogP contribution in [0.2, 0.25) is 0 Å². The zero-order chi connectivity index (χ0) is 17.6. The SMILES string of the molecule is CCC(C)CC(C)(CC)CC(=O)OCc1ccc2c(c1)CCCC2. The molecule has 2 atom stereocenters. The molecule has 0 aromatic heterocycles. The largest absolute Gasteiger partial charge is 0.461 e. The van der Waals surface area contributed by atoms with Crippen molar-refractivity contribution in [2.45, 2.75) is 85.7 Å². The van der Waals surface area contributed by atoms with Crippen LogP contribution >= 0.6 is 0 Å². The molecule has 0 saturated carbocycles. The summed E-state index contributed by atoms with van der Waals surface area (Å²) in [6.45, 7) is 9.30. The summed E-state index contributed by atoms with van der Waals surface area (Å²) < 4.78 is 5.59. The highest BCUT2D eigenvalue weighted by atomic mass is 16.5. The fourth-order valence-corrected chi connectivity index (χ4v) is 3.77. The third-order valence-corrected chi connectivity index (χ3v) is 5.78. The summed E-state index contributed by atoms with van der Waals surface area (Å²) >= 11 is 0. The average Bonchev–Trinajstić information content (AvgIpc) is 2.59. The highest BCUT2D eigenvalue weighted by molar-refractivity contribution is 5.70. The molecule has 1 aliphatic rings. The van der Waals surface area contributed by atoms with Gasteiger partial charge in [0, 0.05) is 0 Å². The van der Waals surface area contributed by atoms with Crippen molar-refractivity contribution in [2.75, 3.05) is 0 Å². The summed E-state index contributed by atoms with van der Waals surface area (Å²) in [7, 11) is 0. The van der Waals surface area contributed by atoms with E-state index in [1.165, 1.54) is 43.2 Å². The van der Waals surface area contributed by atoms with Gasteiger partial charge in [-0.1, -0.05) is 58.7 Å². The van der Waals surface area contributed by atoms with Gasteiger partial charge in [-0.3, -0.25) is 4.79 Å². The van der Waals surface area contributed by atoms with Crippen molar-refractivity contribution in [3.63, 3.8) is 0 Å². The Morgan fingerprint density at radius 2 is 1.92 bits per heavy atom. The summed E-state index contributed by atoms with van der Waals surface area (Å²) in [5.74, 6) is 0.601. The highest BCUT2D eigenvalue weighted by Gasteiger charge is 2.28. The Kier molecular flexibility index (Phi) is 6.89. The third-order valence-electron chi connectivity index (χ3n) is 5.78. The first-order valence-corrected chi connectivity index (χ1v) is 9.72. The molecule has 2 rings (SSSR count). The Balaban J connectivity index is 1.88. The fraction of sp³-hybridized carbons (Fsp3) is 0.682. The molecule has 0 saturated heterocycles. The van der Waals surface area contributed by atoms with Crippen molar-refractivity contribution in [3.8, 4) is 0 Å². The Morgan fingerprint density at radius 3 is 2.58 bits per heavy atom. The van der Waals surface area contributed by atoms with E-state index in [9.17, 15) is 4.79 Å². The zero-order valence-corrected chi connectivity index (χ0v) is 16.0. The lowest BCUT2D eigenvalue weighted by molar-refractivity contribution is -0.147. The normalized spacial score (nSPS) is 17.7. The van der Waals surface area contributed by atoms with Crippen LogP contribution in [0.5, 0.6) is 0 Å². The van der Waals surface area contributed by atoms with Gasteiger partial charge in [0.05, 0.1) is 6.42 Å². The van der Waals surface area contributed by atoms with Crippen LogP contribution in [0.25, 0.3) is 0 Å². The highest BCUT2D eigenvalue weighted by Crippen LogP contribution is 2.35. The number of aryl methyl sites for hydroxylation is 2. The molecule has 2 nitrogen and oxygen atoms in total. The number of ether oxygens (including phenoxy) is 1. The van der Waals surface area contributed by atoms with Gasteiger partial charge in [-0.15, -0.1) is 0 Å². The van der Waals surface area contributed by atoms with E-state index in [2.05, 4.69) is 45.9 Å². The quantitative estimate of drug-likeness (QED) is 0.559. The second-order valence-electron chi connectivity index (χ2n) is 8.03. The topological polar surface area (TPSA) is 26.3 Å². The second kappa shape index (κ2) is 8.69. The summed E-state index contributed by atoms with van der Waals surface area (Å²) in [5, 5.41) is 0. The van der Waals surface area contributed by atoms with Crippen LogP contribution < -0.4 is 0 Å². The minimum absolute atomic E-state index is 0.0552. The van der Waals surface area contributed by atoms with Crippen molar-refractivity contribution < 1.29 is 9.53 Å². The molecule has 0 amide bonds. The fourth-order valence-electron chi connectivity index (χ4n) is 3.77. The predicted octanol–water partition coefficient (Wildman–Crippen LogP) is 5.85. The van der Waals surface area contributed by atoms with Crippen molar-refractivity contribution >= 4 is 5.97 Å². The summed E-state index contributed by atoms with van der Waals surface area (Å²) in [5.41, 5.74) is 4.11. The summed E-state index contributed by atoms with van der Waals surface area (Å²) in [6.07, 6.45) is 8.74. The second-order valence-corrected chi connectivity index (χ2v) is 8.03. The number of esters is 1. The number of fused-ring (bicyclic) bond motifs is 1. The van der Waals surface area contributed by atoms with Gasteiger partial charge in [-0.2, -0.15) is 0 Å².